The molecule has 4 aromatic rings. The summed E-state index contributed by atoms with van der Waals surface area (Å²) in [6.45, 7) is 4.51. The van der Waals surface area contributed by atoms with Gasteiger partial charge >= 0.3 is 0 Å². The molecule has 5 heterocycles. The zero-order chi connectivity index (χ0) is 25.4. The Labute approximate surface area is 214 Å². The second kappa shape index (κ2) is 9.79. The van der Waals surface area contributed by atoms with Crippen molar-refractivity contribution in [3.63, 3.8) is 0 Å². The first-order valence-electron chi connectivity index (χ1n) is 12.7. The summed E-state index contributed by atoms with van der Waals surface area (Å²) in [5, 5.41) is 14.2. The summed E-state index contributed by atoms with van der Waals surface area (Å²) in [7, 11) is 2.15. The van der Waals surface area contributed by atoms with Gasteiger partial charge in [-0.1, -0.05) is 18.2 Å². The van der Waals surface area contributed by atoms with Gasteiger partial charge < -0.3 is 20.2 Å². The molecule has 0 radical (unpaired) electrons. The third kappa shape index (κ3) is 4.61. The molecule has 1 fully saturated rings. The van der Waals surface area contributed by atoms with Gasteiger partial charge in [0.05, 0.1) is 18.3 Å². The third-order valence-electron chi connectivity index (χ3n) is 7.03. The number of anilines is 3. The van der Waals surface area contributed by atoms with Crippen molar-refractivity contribution < 1.29 is 5.11 Å². The zero-order valence-corrected chi connectivity index (χ0v) is 20.8. The van der Waals surface area contributed by atoms with Crippen molar-refractivity contribution in [1.82, 2.24) is 29.2 Å². The molecule has 0 unspecified atom stereocenters. The number of nitrogens with zero attached hydrogens (tertiary/aromatic N) is 7. The Morgan fingerprint density at radius 2 is 1.81 bits per heavy atom. The van der Waals surface area contributed by atoms with Crippen molar-refractivity contribution in [3.05, 3.63) is 76.9 Å². The Balaban J connectivity index is 1.35. The van der Waals surface area contributed by atoms with E-state index in [2.05, 4.69) is 44.3 Å². The van der Waals surface area contributed by atoms with Crippen molar-refractivity contribution in [2.45, 2.75) is 25.5 Å². The molecule has 0 aliphatic carbocycles. The minimum Gasteiger partial charge on any atom is -0.387 e. The van der Waals surface area contributed by atoms with Gasteiger partial charge in [0.25, 0.3) is 5.56 Å². The number of likely N-dealkylation sites (N-methyl/N-ethyl adjacent to an activating group) is 1. The number of benzene rings is 1. The van der Waals surface area contributed by atoms with Gasteiger partial charge in [0, 0.05) is 43.8 Å². The molecule has 1 atom stereocenters. The lowest BCUT2D eigenvalue weighted by molar-refractivity contribution is 0.164. The summed E-state index contributed by atoms with van der Waals surface area (Å²) in [5.41, 5.74) is 2.90. The van der Waals surface area contributed by atoms with Crippen LogP contribution in [0.4, 0.5) is 17.3 Å². The SMILES string of the molecule is CN1CCN(c2ccc(Nc3ncc4c(=O)n5n(c4n3)-c3cccc(n3)[C@@H](O)CC/C=C\C5)cc2)CC1. The monoisotopic (exact) mass is 498 g/mol. The summed E-state index contributed by atoms with van der Waals surface area (Å²) in [6, 6.07) is 13.7. The van der Waals surface area contributed by atoms with Crippen LogP contribution in [0.3, 0.4) is 0 Å². The number of pyridine rings is 1. The van der Waals surface area contributed by atoms with Gasteiger partial charge in [0.15, 0.2) is 11.5 Å². The molecule has 10 nitrogen and oxygen atoms in total. The molecule has 0 saturated carbocycles. The zero-order valence-electron chi connectivity index (χ0n) is 20.8. The van der Waals surface area contributed by atoms with E-state index in [1.54, 1.807) is 21.6 Å². The predicted octanol–water partition coefficient (Wildman–Crippen LogP) is 2.86. The number of hydrogen-bond acceptors (Lipinski definition) is 8. The van der Waals surface area contributed by atoms with Gasteiger partial charge in [-0.2, -0.15) is 4.98 Å². The average molecular weight is 499 g/mol. The van der Waals surface area contributed by atoms with Crippen molar-refractivity contribution >= 4 is 28.4 Å². The van der Waals surface area contributed by atoms with Crippen LogP contribution in [0.2, 0.25) is 0 Å². The number of nitrogens with one attached hydrogen (secondary N) is 1. The molecule has 6 rings (SSSR count). The van der Waals surface area contributed by atoms with E-state index in [1.165, 1.54) is 5.69 Å². The smallest absolute Gasteiger partial charge is 0.278 e. The average Bonchev–Trinajstić information content (AvgIpc) is 3.19. The van der Waals surface area contributed by atoms with Gasteiger partial charge in [-0.15, -0.1) is 0 Å². The maximum Gasteiger partial charge on any atom is 0.278 e. The van der Waals surface area contributed by atoms with Gasteiger partial charge in [-0.05, 0) is 56.3 Å². The van der Waals surface area contributed by atoms with Crippen LogP contribution in [0.25, 0.3) is 16.9 Å². The fraction of sp³-hybridized carbons (Fsp3) is 0.333. The van der Waals surface area contributed by atoms with Crippen LogP contribution in [0.5, 0.6) is 0 Å². The van der Waals surface area contributed by atoms with Crippen LogP contribution in [0, 0.1) is 0 Å². The first kappa shape index (κ1) is 23.4. The molecule has 2 N–H and O–H groups in total. The largest absolute Gasteiger partial charge is 0.387 e. The Hall–Kier alpha value is -4.02. The molecule has 10 heteroatoms. The minimum atomic E-state index is -0.676. The van der Waals surface area contributed by atoms with E-state index in [-0.39, 0.29) is 5.56 Å². The van der Waals surface area contributed by atoms with E-state index in [4.69, 9.17) is 4.98 Å². The molecule has 1 aromatic carbocycles. The van der Waals surface area contributed by atoms with Crippen LogP contribution < -0.4 is 15.8 Å². The van der Waals surface area contributed by atoms with Crippen molar-refractivity contribution in [1.29, 1.82) is 0 Å². The summed E-state index contributed by atoms with van der Waals surface area (Å²) in [5.74, 6) is 0.918. The van der Waals surface area contributed by atoms with Crippen LogP contribution in [-0.4, -0.2) is 67.5 Å². The third-order valence-corrected chi connectivity index (χ3v) is 7.03. The number of piperazine rings is 1. The quantitative estimate of drug-likeness (QED) is 0.416. The van der Waals surface area contributed by atoms with E-state index >= 15 is 0 Å². The molecule has 0 spiro atoms. The highest BCUT2D eigenvalue weighted by molar-refractivity contribution is 5.77. The Morgan fingerprint density at radius 3 is 2.62 bits per heavy atom. The molecule has 3 aromatic heterocycles. The first-order chi connectivity index (χ1) is 18.1. The summed E-state index contributed by atoms with van der Waals surface area (Å²) in [6.07, 6.45) is 6.07. The number of fused-ring (bicyclic) bond motifs is 6. The second-order valence-electron chi connectivity index (χ2n) is 9.58. The number of allylic oxidation sites excluding steroid dienone is 2. The first-order valence-corrected chi connectivity index (χ1v) is 12.7. The molecule has 37 heavy (non-hydrogen) atoms. The number of aromatic nitrogens is 5. The Morgan fingerprint density at radius 1 is 1.00 bits per heavy atom. The minimum absolute atomic E-state index is 0.185. The number of aliphatic hydroxyl groups excluding tert-OH is 1. The molecular formula is C27H30N8O2. The number of aliphatic hydroxyl groups is 1. The van der Waals surface area contributed by atoms with Crippen molar-refractivity contribution in [2.75, 3.05) is 43.4 Å². The highest BCUT2D eigenvalue weighted by Crippen LogP contribution is 2.24. The van der Waals surface area contributed by atoms with E-state index < -0.39 is 6.10 Å². The Kier molecular flexibility index (Phi) is 6.19. The van der Waals surface area contributed by atoms with E-state index in [0.29, 0.717) is 47.9 Å². The van der Waals surface area contributed by atoms with Gasteiger partial charge in [0.2, 0.25) is 5.95 Å². The van der Waals surface area contributed by atoms with E-state index in [1.807, 2.05) is 36.4 Å². The standard InChI is InChI=1S/C27H30N8O2/c1-32-14-16-33(17-15-32)20-11-9-19(10-12-20)29-27-28-18-21-25(31-27)35-24-8-5-6-22(30-24)23(36)7-3-2-4-13-34(35)26(21)37/h2,4-6,8-12,18,23,36H,3,7,13-17H2,1H3,(H,28,29,31)/b4-2-/t23-/m0/s1. The lowest BCUT2D eigenvalue weighted by atomic mass is 10.1. The van der Waals surface area contributed by atoms with Gasteiger partial charge in [-0.25, -0.2) is 19.3 Å². The van der Waals surface area contributed by atoms with Crippen LogP contribution in [-0.2, 0) is 6.54 Å². The normalized spacial score (nSPS) is 19.3. The summed E-state index contributed by atoms with van der Waals surface area (Å²) < 4.78 is 3.32. The van der Waals surface area contributed by atoms with Crippen molar-refractivity contribution in [3.8, 4) is 5.82 Å². The lowest BCUT2D eigenvalue weighted by Gasteiger charge is -2.34. The summed E-state index contributed by atoms with van der Waals surface area (Å²) >= 11 is 0. The maximum absolute atomic E-state index is 13.3. The van der Waals surface area contributed by atoms with E-state index in [0.717, 1.165) is 31.9 Å². The fourth-order valence-electron chi connectivity index (χ4n) is 4.87. The van der Waals surface area contributed by atoms with Crippen LogP contribution in [0.1, 0.15) is 24.6 Å². The molecule has 2 aliphatic heterocycles. The van der Waals surface area contributed by atoms with Crippen LogP contribution in [0.15, 0.2) is 65.6 Å². The highest BCUT2D eigenvalue weighted by atomic mass is 16.3. The molecule has 2 bridgehead atoms. The number of hydrogen-bond donors (Lipinski definition) is 2. The Bertz CT molecular complexity index is 1500. The molecular weight excluding hydrogens is 468 g/mol. The van der Waals surface area contributed by atoms with Crippen LogP contribution >= 0.6 is 0 Å². The molecule has 190 valence electrons. The van der Waals surface area contributed by atoms with Crippen molar-refractivity contribution in [2.24, 2.45) is 0 Å². The predicted molar refractivity (Wildman–Crippen MR) is 144 cm³/mol. The summed E-state index contributed by atoms with van der Waals surface area (Å²) in [4.78, 5) is 31.8. The molecule has 0 amide bonds. The molecule has 1 saturated heterocycles. The maximum atomic E-state index is 13.3. The highest BCUT2D eigenvalue weighted by Gasteiger charge is 2.20. The number of rotatable bonds is 3. The van der Waals surface area contributed by atoms with E-state index in [9.17, 15) is 9.90 Å². The second-order valence-corrected chi connectivity index (χ2v) is 9.58. The van der Waals surface area contributed by atoms with Gasteiger partial charge in [-0.3, -0.25) is 4.79 Å². The fourth-order valence-corrected chi connectivity index (χ4v) is 4.87. The molecule has 2 aliphatic rings. The van der Waals surface area contributed by atoms with Gasteiger partial charge in [0.1, 0.15) is 5.39 Å². The lowest BCUT2D eigenvalue weighted by Crippen LogP contribution is -2.44. The topological polar surface area (TPSA) is 104 Å².